The quantitative estimate of drug-likeness (QED) is 0.805. The van der Waals surface area contributed by atoms with E-state index in [1.54, 1.807) is 14.0 Å². The van der Waals surface area contributed by atoms with Gasteiger partial charge in [-0.25, -0.2) is 8.78 Å². The van der Waals surface area contributed by atoms with Crippen molar-refractivity contribution < 1.29 is 8.78 Å². The Balaban J connectivity index is 2.78. The van der Waals surface area contributed by atoms with E-state index in [9.17, 15) is 8.78 Å². The van der Waals surface area contributed by atoms with Crippen molar-refractivity contribution in [3.63, 3.8) is 0 Å². The lowest BCUT2D eigenvalue weighted by Crippen LogP contribution is -2.01. The molecule has 1 aromatic carbocycles. The number of nitrogen functional groups attached to an aromatic ring is 1. The van der Waals surface area contributed by atoms with Crippen LogP contribution in [0.2, 0.25) is 0 Å². The third kappa shape index (κ3) is 1.44. The zero-order chi connectivity index (χ0) is 11.9. The van der Waals surface area contributed by atoms with Gasteiger partial charge in [-0.2, -0.15) is 5.10 Å². The maximum atomic E-state index is 13.8. The van der Waals surface area contributed by atoms with Crippen molar-refractivity contribution in [1.82, 2.24) is 9.78 Å². The number of aromatic nitrogens is 2. The van der Waals surface area contributed by atoms with Gasteiger partial charge in [0, 0.05) is 7.05 Å². The van der Waals surface area contributed by atoms with Crippen LogP contribution in [-0.2, 0) is 7.05 Å². The first-order valence-electron chi connectivity index (χ1n) is 4.75. The highest BCUT2D eigenvalue weighted by atomic mass is 19.1. The monoisotopic (exact) mass is 223 g/mol. The number of anilines is 1. The van der Waals surface area contributed by atoms with E-state index in [-0.39, 0.29) is 16.9 Å². The van der Waals surface area contributed by atoms with E-state index in [1.165, 1.54) is 23.0 Å². The minimum atomic E-state index is -0.640. The van der Waals surface area contributed by atoms with Gasteiger partial charge >= 0.3 is 0 Å². The number of nitrogens with zero attached hydrogens (tertiary/aromatic N) is 2. The number of hydrogen-bond donors (Lipinski definition) is 1. The number of halogens is 2. The van der Waals surface area contributed by atoms with Gasteiger partial charge in [0.05, 0.1) is 23.1 Å². The molecule has 2 aromatic rings. The number of aryl methyl sites for hydroxylation is 2. The number of nitrogens with two attached hydrogens (primary N) is 1. The van der Waals surface area contributed by atoms with Crippen molar-refractivity contribution in [2.75, 3.05) is 5.73 Å². The third-order valence-corrected chi connectivity index (χ3v) is 2.49. The minimum Gasteiger partial charge on any atom is -0.396 e. The standard InChI is InChI=1S/C11H11F2N3/c1-6-3-4-7(12)9(10(6)13)11-8(14)5-15-16(11)2/h3-5H,14H2,1-2H3. The molecule has 0 bridgehead atoms. The molecule has 0 aliphatic rings. The van der Waals surface area contributed by atoms with Gasteiger partial charge in [0.15, 0.2) is 0 Å². The van der Waals surface area contributed by atoms with Gasteiger partial charge in [-0.3, -0.25) is 4.68 Å². The smallest absolute Gasteiger partial charge is 0.138 e. The second kappa shape index (κ2) is 3.59. The van der Waals surface area contributed by atoms with Gasteiger partial charge in [-0.05, 0) is 18.6 Å². The lowest BCUT2D eigenvalue weighted by atomic mass is 10.1. The van der Waals surface area contributed by atoms with E-state index in [0.29, 0.717) is 5.56 Å². The van der Waals surface area contributed by atoms with E-state index in [0.717, 1.165) is 0 Å². The van der Waals surface area contributed by atoms with Crippen molar-refractivity contribution in [2.24, 2.45) is 7.05 Å². The van der Waals surface area contributed by atoms with E-state index in [1.807, 2.05) is 0 Å². The first-order valence-corrected chi connectivity index (χ1v) is 4.75. The van der Waals surface area contributed by atoms with Gasteiger partial charge in [0.25, 0.3) is 0 Å². The van der Waals surface area contributed by atoms with Crippen LogP contribution >= 0.6 is 0 Å². The fourth-order valence-corrected chi connectivity index (χ4v) is 1.63. The summed E-state index contributed by atoms with van der Waals surface area (Å²) < 4.78 is 28.8. The van der Waals surface area contributed by atoms with Gasteiger partial charge in [-0.15, -0.1) is 0 Å². The molecule has 16 heavy (non-hydrogen) atoms. The normalized spacial score (nSPS) is 10.8. The largest absolute Gasteiger partial charge is 0.396 e. The molecule has 0 atom stereocenters. The summed E-state index contributed by atoms with van der Waals surface area (Å²) in [5.74, 6) is -1.24. The zero-order valence-electron chi connectivity index (χ0n) is 8.96. The average molecular weight is 223 g/mol. The Hall–Kier alpha value is -1.91. The van der Waals surface area contributed by atoms with Crippen molar-refractivity contribution in [2.45, 2.75) is 6.92 Å². The number of rotatable bonds is 1. The molecule has 0 aliphatic heterocycles. The molecular weight excluding hydrogens is 212 g/mol. The van der Waals surface area contributed by atoms with E-state index >= 15 is 0 Å². The van der Waals surface area contributed by atoms with Crippen molar-refractivity contribution >= 4 is 5.69 Å². The molecule has 5 heteroatoms. The molecule has 2 N–H and O–H groups in total. The molecular formula is C11H11F2N3. The summed E-state index contributed by atoms with van der Waals surface area (Å²) in [6, 6.07) is 2.61. The van der Waals surface area contributed by atoms with Gasteiger partial charge in [-0.1, -0.05) is 6.07 Å². The van der Waals surface area contributed by atoms with Crippen LogP contribution in [0.5, 0.6) is 0 Å². The summed E-state index contributed by atoms with van der Waals surface area (Å²) >= 11 is 0. The highest BCUT2D eigenvalue weighted by Gasteiger charge is 2.19. The Morgan fingerprint density at radius 3 is 2.56 bits per heavy atom. The summed E-state index contributed by atoms with van der Waals surface area (Å²) in [6.45, 7) is 1.57. The first kappa shape index (κ1) is 10.6. The van der Waals surface area contributed by atoms with Crippen LogP contribution in [0.3, 0.4) is 0 Å². The van der Waals surface area contributed by atoms with Crippen LogP contribution in [-0.4, -0.2) is 9.78 Å². The first-order chi connectivity index (χ1) is 7.52. The van der Waals surface area contributed by atoms with E-state index < -0.39 is 11.6 Å². The van der Waals surface area contributed by atoms with Crippen LogP contribution in [0.25, 0.3) is 11.3 Å². The molecule has 3 nitrogen and oxygen atoms in total. The molecule has 0 radical (unpaired) electrons. The Labute approximate surface area is 91.5 Å². The highest BCUT2D eigenvalue weighted by Crippen LogP contribution is 2.31. The highest BCUT2D eigenvalue weighted by molar-refractivity contribution is 5.73. The molecule has 1 heterocycles. The van der Waals surface area contributed by atoms with E-state index in [2.05, 4.69) is 5.10 Å². The number of benzene rings is 1. The molecule has 2 rings (SSSR count). The molecule has 0 fully saturated rings. The lowest BCUT2D eigenvalue weighted by molar-refractivity contribution is 0.580. The SMILES string of the molecule is Cc1ccc(F)c(-c2c(N)cnn2C)c1F. The fraction of sp³-hybridized carbons (Fsp3) is 0.182. The van der Waals surface area contributed by atoms with Gasteiger partial charge in [0.1, 0.15) is 11.6 Å². The molecule has 0 unspecified atom stereocenters. The van der Waals surface area contributed by atoms with Crippen molar-refractivity contribution in [3.05, 3.63) is 35.5 Å². The fourth-order valence-electron chi connectivity index (χ4n) is 1.63. The van der Waals surface area contributed by atoms with Crippen LogP contribution in [0.15, 0.2) is 18.3 Å². The number of hydrogen-bond acceptors (Lipinski definition) is 2. The molecule has 84 valence electrons. The average Bonchev–Trinajstić information content (AvgIpc) is 2.56. The summed E-state index contributed by atoms with van der Waals surface area (Å²) in [6.07, 6.45) is 1.37. The molecule has 1 aromatic heterocycles. The summed E-state index contributed by atoms with van der Waals surface area (Å²) in [5.41, 5.74) is 6.41. The molecule has 0 saturated heterocycles. The molecule has 0 aliphatic carbocycles. The third-order valence-electron chi connectivity index (χ3n) is 2.49. The van der Waals surface area contributed by atoms with Gasteiger partial charge in [0.2, 0.25) is 0 Å². The minimum absolute atomic E-state index is 0.127. The summed E-state index contributed by atoms with van der Waals surface area (Å²) in [4.78, 5) is 0. The summed E-state index contributed by atoms with van der Waals surface area (Å²) in [5, 5.41) is 3.86. The lowest BCUT2D eigenvalue weighted by Gasteiger charge is -2.08. The maximum absolute atomic E-state index is 13.8. The van der Waals surface area contributed by atoms with Crippen LogP contribution in [0.1, 0.15) is 5.56 Å². The van der Waals surface area contributed by atoms with Crippen molar-refractivity contribution in [1.29, 1.82) is 0 Å². The Morgan fingerprint density at radius 1 is 1.31 bits per heavy atom. The summed E-state index contributed by atoms with van der Waals surface area (Å²) in [7, 11) is 1.59. The Bertz CT molecular complexity index is 527. The molecule has 0 spiro atoms. The second-order valence-corrected chi connectivity index (χ2v) is 3.63. The van der Waals surface area contributed by atoms with Crippen molar-refractivity contribution in [3.8, 4) is 11.3 Å². The van der Waals surface area contributed by atoms with Crippen LogP contribution in [0, 0.1) is 18.6 Å². The van der Waals surface area contributed by atoms with E-state index in [4.69, 9.17) is 5.73 Å². The topological polar surface area (TPSA) is 43.8 Å². The Morgan fingerprint density at radius 2 is 2.00 bits per heavy atom. The predicted octanol–water partition coefficient (Wildman–Crippen LogP) is 2.26. The van der Waals surface area contributed by atoms with Gasteiger partial charge < -0.3 is 5.73 Å². The van der Waals surface area contributed by atoms with Crippen LogP contribution in [0.4, 0.5) is 14.5 Å². The molecule has 0 saturated carbocycles. The predicted molar refractivity (Wildman–Crippen MR) is 57.7 cm³/mol. The maximum Gasteiger partial charge on any atom is 0.138 e. The zero-order valence-corrected chi connectivity index (χ0v) is 8.96. The van der Waals surface area contributed by atoms with Crippen LogP contribution < -0.4 is 5.73 Å². The molecule has 0 amide bonds. The second-order valence-electron chi connectivity index (χ2n) is 3.63. The Kier molecular flexibility index (Phi) is 2.38.